The van der Waals surface area contributed by atoms with Gasteiger partial charge in [0.15, 0.2) is 11.9 Å². The minimum absolute atomic E-state index is 0.219. The van der Waals surface area contributed by atoms with Crippen LogP contribution in [0.15, 0.2) is 45.2 Å². The average Bonchev–Trinajstić information content (AvgIpc) is 3.34. The van der Waals surface area contributed by atoms with E-state index in [0.29, 0.717) is 20.9 Å². The summed E-state index contributed by atoms with van der Waals surface area (Å²) in [5.74, 6) is -0.0716. The van der Waals surface area contributed by atoms with Gasteiger partial charge in [0.25, 0.3) is 5.56 Å². The molecule has 1 atom stereocenters. The van der Waals surface area contributed by atoms with Crippen LogP contribution in [0.4, 0.5) is 0 Å². The van der Waals surface area contributed by atoms with E-state index in [2.05, 4.69) is 9.97 Å². The van der Waals surface area contributed by atoms with Gasteiger partial charge >= 0.3 is 5.97 Å². The zero-order valence-corrected chi connectivity index (χ0v) is 15.5. The van der Waals surface area contributed by atoms with E-state index in [9.17, 15) is 9.59 Å². The number of nitrogens with zero attached hydrogens (tertiary/aromatic N) is 1. The molecule has 0 aromatic carbocycles. The van der Waals surface area contributed by atoms with Crippen LogP contribution in [-0.4, -0.2) is 15.9 Å². The van der Waals surface area contributed by atoms with Crippen molar-refractivity contribution in [3.05, 3.63) is 61.5 Å². The number of ether oxygens (including phenoxy) is 1. The molecule has 4 aromatic rings. The summed E-state index contributed by atoms with van der Waals surface area (Å²) in [5, 5.41) is 6.30. The Kier molecular flexibility index (Phi) is 4.24. The predicted molar refractivity (Wildman–Crippen MR) is 102 cm³/mol. The first-order chi connectivity index (χ1) is 12.1. The lowest BCUT2D eigenvalue weighted by atomic mass is 10.2. The number of aromatic amines is 1. The van der Waals surface area contributed by atoms with Gasteiger partial charge in [0.05, 0.1) is 5.39 Å². The molecular weight excluding hydrogens is 376 g/mol. The Morgan fingerprint density at radius 1 is 1.20 bits per heavy atom. The van der Waals surface area contributed by atoms with Gasteiger partial charge in [0.2, 0.25) is 0 Å². The van der Waals surface area contributed by atoms with Crippen molar-refractivity contribution < 1.29 is 9.53 Å². The minimum atomic E-state index is -0.640. The van der Waals surface area contributed by atoms with Crippen LogP contribution in [0.2, 0.25) is 0 Å². The van der Waals surface area contributed by atoms with Gasteiger partial charge in [-0.05, 0) is 29.8 Å². The largest absolute Gasteiger partial charge is 0.450 e. The number of esters is 1. The lowest BCUT2D eigenvalue weighted by molar-refractivity contribution is 0.0326. The number of nitrogens with one attached hydrogen (secondary N) is 1. The summed E-state index contributed by atoms with van der Waals surface area (Å²) < 4.78 is 5.41. The second-order valence-electron chi connectivity index (χ2n) is 5.28. The number of hydrogen-bond acceptors (Lipinski definition) is 7. The van der Waals surface area contributed by atoms with Crippen LogP contribution < -0.4 is 5.56 Å². The summed E-state index contributed by atoms with van der Waals surface area (Å²) in [6.07, 6.45) is -0.640. The molecule has 0 unspecified atom stereocenters. The number of carbonyl (C=O) groups excluding carboxylic acids is 1. The number of fused-ring (bicyclic) bond motifs is 1. The second-order valence-corrected chi connectivity index (χ2v) is 8.04. The highest BCUT2D eigenvalue weighted by Gasteiger charge is 2.19. The third-order valence-electron chi connectivity index (χ3n) is 3.64. The fraction of sp³-hybridized carbons (Fsp3) is 0.118. The van der Waals surface area contributed by atoms with Gasteiger partial charge in [-0.15, -0.1) is 34.0 Å². The predicted octanol–water partition coefficient (Wildman–Crippen LogP) is 4.69. The standard InChI is InChI=1S/C17H12N2O3S3/c1-9(22-17(21)12-5-3-7-24-12)14-18-15(20)13-10(8-25-16(13)19-14)11-4-2-6-23-11/h2-9H,1H3,(H,18,19,20)/t9-/m0/s1. The van der Waals surface area contributed by atoms with Crippen LogP contribution in [0.1, 0.15) is 28.5 Å². The number of thiophene rings is 3. The zero-order chi connectivity index (χ0) is 17.4. The van der Waals surface area contributed by atoms with Crippen LogP contribution in [0, 0.1) is 0 Å². The average molecular weight is 388 g/mol. The topological polar surface area (TPSA) is 72.0 Å². The fourth-order valence-corrected chi connectivity index (χ4v) is 4.81. The Morgan fingerprint density at radius 3 is 2.72 bits per heavy atom. The molecule has 0 saturated heterocycles. The molecule has 126 valence electrons. The Morgan fingerprint density at radius 2 is 2.00 bits per heavy atom. The van der Waals surface area contributed by atoms with Gasteiger partial charge in [-0.3, -0.25) is 4.79 Å². The van der Waals surface area contributed by atoms with Crippen LogP contribution >= 0.6 is 34.0 Å². The number of aromatic nitrogens is 2. The van der Waals surface area contributed by atoms with E-state index >= 15 is 0 Å². The zero-order valence-electron chi connectivity index (χ0n) is 13.0. The molecule has 4 heterocycles. The maximum Gasteiger partial charge on any atom is 0.349 e. The number of hydrogen-bond donors (Lipinski definition) is 1. The maximum atomic E-state index is 12.6. The van der Waals surface area contributed by atoms with E-state index < -0.39 is 12.1 Å². The first kappa shape index (κ1) is 16.2. The Bertz CT molecular complexity index is 1080. The van der Waals surface area contributed by atoms with Gasteiger partial charge in [-0.1, -0.05) is 12.1 Å². The Hall–Kier alpha value is -2.29. The van der Waals surface area contributed by atoms with E-state index in [1.54, 1.807) is 30.4 Å². The normalized spacial score (nSPS) is 12.4. The molecule has 0 aliphatic rings. The SMILES string of the molecule is C[C@H](OC(=O)c1cccs1)c1nc2scc(-c3cccs3)c2c(=O)[nH]1. The molecule has 0 aliphatic heterocycles. The summed E-state index contributed by atoms with van der Waals surface area (Å²) in [4.78, 5) is 34.1. The van der Waals surface area contributed by atoms with Gasteiger partial charge in [-0.2, -0.15) is 0 Å². The highest BCUT2D eigenvalue weighted by molar-refractivity contribution is 7.18. The summed E-state index contributed by atoms with van der Waals surface area (Å²) in [5.41, 5.74) is 0.669. The summed E-state index contributed by atoms with van der Waals surface area (Å²) in [6, 6.07) is 7.41. The van der Waals surface area contributed by atoms with Crippen molar-refractivity contribution >= 4 is 50.2 Å². The van der Waals surface area contributed by atoms with Crippen molar-refractivity contribution in [3.63, 3.8) is 0 Å². The summed E-state index contributed by atoms with van der Waals surface area (Å²) in [6.45, 7) is 1.70. The number of carbonyl (C=O) groups is 1. The molecule has 25 heavy (non-hydrogen) atoms. The van der Waals surface area contributed by atoms with Crippen LogP contribution in [0.5, 0.6) is 0 Å². The highest BCUT2D eigenvalue weighted by atomic mass is 32.1. The monoisotopic (exact) mass is 388 g/mol. The quantitative estimate of drug-likeness (QED) is 0.515. The molecule has 0 saturated carbocycles. The van der Waals surface area contributed by atoms with Gasteiger partial charge in [0.1, 0.15) is 9.71 Å². The number of rotatable bonds is 4. The molecule has 0 aliphatic carbocycles. The first-order valence-electron chi connectivity index (χ1n) is 7.43. The lowest BCUT2D eigenvalue weighted by Crippen LogP contribution is -2.16. The molecule has 8 heteroatoms. The highest BCUT2D eigenvalue weighted by Crippen LogP contribution is 2.33. The van der Waals surface area contributed by atoms with Crippen molar-refractivity contribution in [1.82, 2.24) is 9.97 Å². The van der Waals surface area contributed by atoms with Crippen molar-refractivity contribution in [3.8, 4) is 10.4 Å². The van der Waals surface area contributed by atoms with Crippen molar-refractivity contribution in [2.75, 3.05) is 0 Å². The third kappa shape index (κ3) is 3.04. The number of H-pyrrole nitrogens is 1. The summed E-state index contributed by atoms with van der Waals surface area (Å²) >= 11 is 4.30. The van der Waals surface area contributed by atoms with E-state index in [1.807, 2.05) is 28.3 Å². The minimum Gasteiger partial charge on any atom is -0.450 e. The molecule has 0 radical (unpaired) electrons. The van der Waals surface area contributed by atoms with E-state index in [0.717, 1.165) is 10.4 Å². The molecule has 0 fully saturated rings. The van der Waals surface area contributed by atoms with Gasteiger partial charge in [-0.25, -0.2) is 9.78 Å². The second kappa shape index (κ2) is 6.55. The van der Waals surface area contributed by atoms with Crippen molar-refractivity contribution in [2.24, 2.45) is 0 Å². The Labute approximate surface area is 154 Å². The molecule has 4 aromatic heterocycles. The molecule has 0 bridgehead atoms. The van der Waals surface area contributed by atoms with Crippen LogP contribution in [-0.2, 0) is 4.74 Å². The molecule has 1 N–H and O–H groups in total. The van der Waals surface area contributed by atoms with Crippen LogP contribution in [0.25, 0.3) is 20.7 Å². The van der Waals surface area contributed by atoms with Gasteiger partial charge in [0, 0.05) is 15.8 Å². The molecular formula is C17H12N2O3S3. The van der Waals surface area contributed by atoms with Crippen LogP contribution in [0.3, 0.4) is 0 Å². The van der Waals surface area contributed by atoms with E-state index in [1.165, 1.54) is 22.7 Å². The third-order valence-corrected chi connectivity index (χ3v) is 6.27. The molecule has 5 nitrogen and oxygen atoms in total. The molecule has 0 spiro atoms. The molecule has 0 amide bonds. The Balaban J connectivity index is 1.67. The summed E-state index contributed by atoms with van der Waals surface area (Å²) in [7, 11) is 0. The van der Waals surface area contributed by atoms with Gasteiger partial charge < -0.3 is 9.72 Å². The molecule has 4 rings (SSSR count). The first-order valence-corrected chi connectivity index (χ1v) is 10.1. The maximum absolute atomic E-state index is 12.6. The van der Waals surface area contributed by atoms with Crippen molar-refractivity contribution in [1.29, 1.82) is 0 Å². The van der Waals surface area contributed by atoms with Crippen molar-refractivity contribution in [2.45, 2.75) is 13.0 Å². The van der Waals surface area contributed by atoms with E-state index in [-0.39, 0.29) is 5.56 Å². The lowest BCUT2D eigenvalue weighted by Gasteiger charge is -2.11. The smallest absolute Gasteiger partial charge is 0.349 e. The fourth-order valence-electron chi connectivity index (χ4n) is 2.44. The van der Waals surface area contributed by atoms with E-state index in [4.69, 9.17) is 4.74 Å².